The molecular weight excluding hydrogens is 419 g/mol. The number of aromatic nitrogens is 4. The van der Waals surface area contributed by atoms with E-state index in [9.17, 15) is 18.0 Å². The number of hydrogen-bond donors (Lipinski definition) is 2. The third-order valence-electron chi connectivity index (χ3n) is 6.32. The van der Waals surface area contributed by atoms with Gasteiger partial charge < -0.3 is 5.32 Å². The van der Waals surface area contributed by atoms with Gasteiger partial charge in [0.25, 0.3) is 0 Å². The molecule has 2 aromatic heterocycles. The summed E-state index contributed by atoms with van der Waals surface area (Å²) in [5, 5.41) is 10.7. The van der Waals surface area contributed by atoms with Crippen molar-refractivity contribution in [3.05, 3.63) is 41.9 Å². The van der Waals surface area contributed by atoms with Crippen LogP contribution in [0.2, 0.25) is 0 Å². The van der Waals surface area contributed by atoms with Gasteiger partial charge in [-0.15, -0.1) is 0 Å². The molecule has 0 aliphatic heterocycles. The lowest BCUT2D eigenvalue weighted by atomic mass is 9.86. The first-order chi connectivity index (χ1) is 15.5. The Kier molecular flexibility index (Phi) is 6.72. The van der Waals surface area contributed by atoms with Crippen molar-refractivity contribution in [2.75, 3.05) is 0 Å². The van der Waals surface area contributed by atoms with E-state index in [1.54, 1.807) is 12.5 Å². The highest BCUT2D eigenvalue weighted by atomic mass is 19.4. The molecule has 0 radical (unpaired) electrons. The maximum Gasteiger partial charge on any atom is 0.391 e. The Balaban J connectivity index is 0.000000207. The topological polar surface area (TPSA) is 83.6 Å². The lowest BCUT2D eigenvalue weighted by Crippen LogP contribution is -2.24. The Bertz CT molecular complexity index is 1060. The van der Waals surface area contributed by atoms with Crippen molar-refractivity contribution in [3.63, 3.8) is 0 Å². The van der Waals surface area contributed by atoms with Crippen molar-refractivity contribution in [2.45, 2.75) is 63.6 Å². The fraction of sp³-hybridized carbons (Fsp3) is 0.478. The van der Waals surface area contributed by atoms with Gasteiger partial charge in [0.2, 0.25) is 6.41 Å². The number of carbonyl (C=O) groups is 1. The number of alkyl halides is 3. The number of fused-ring (bicyclic) bond motifs is 2. The molecule has 0 bridgehead atoms. The summed E-state index contributed by atoms with van der Waals surface area (Å²) in [5.41, 5.74) is 5.16. The van der Waals surface area contributed by atoms with Crippen molar-refractivity contribution in [2.24, 2.45) is 5.92 Å². The number of rotatable bonds is 3. The van der Waals surface area contributed by atoms with Crippen LogP contribution in [-0.2, 0) is 11.2 Å². The molecule has 9 heteroatoms. The molecule has 1 unspecified atom stereocenters. The molecule has 170 valence electrons. The molecule has 6 nitrogen and oxygen atoms in total. The number of nitrogens with one attached hydrogen (secondary N) is 2. The van der Waals surface area contributed by atoms with Gasteiger partial charge in [-0.1, -0.05) is 31.4 Å². The zero-order chi connectivity index (χ0) is 22.6. The summed E-state index contributed by atoms with van der Waals surface area (Å²) in [6.07, 6.45) is 6.44. The van der Waals surface area contributed by atoms with Crippen molar-refractivity contribution in [1.29, 1.82) is 0 Å². The molecule has 3 aromatic rings. The predicted molar refractivity (Wildman–Crippen MR) is 115 cm³/mol. The first-order valence-corrected chi connectivity index (χ1v) is 11.0. The fourth-order valence-electron chi connectivity index (χ4n) is 4.64. The molecule has 0 saturated heterocycles. The highest BCUT2D eigenvalue weighted by Gasteiger charge is 2.39. The van der Waals surface area contributed by atoms with Gasteiger partial charge in [0.15, 0.2) is 5.65 Å². The SMILES string of the molecule is FC(F)(F)C1CCCCC1.O=CNC1CCCc2cc(-c3ncnc4[nH]ncc34)ccc21. The molecule has 2 N–H and O–H groups in total. The number of nitrogens with zero attached hydrogens (tertiary/aromatic N) is 3. The number of aryl methyl sites for hydroxylation is 1. The highest BCUT2D eigenvalue weighted by molar-refractivity contribution is 5.89. The standard InChI is InChI=1S/C16H15N5O.C7H11F3/c22-9-19-14-3-1-2-10-6-11(4-5-12(10)14)15-13-7-20-21-16(13)18-8-17-15;8-7(9,10)6-4-2-1-3-5-6/h4-9,14H,1-3H2,(H,19,22)(H,17,18,20,21);6H,1-5H2. The molecular formula is C23H26F3N5O. The molecule has 5 rings (SSSR count). The van der Waals surface area contributed by atoms with E-state index in [4.69, 9.17) is 0 Å². The molecule has 1 amide bonds. The second-order valence-electron chi connectivity index (χ2n) is 8.37. The lowest BCUT2D eigenvalue weighted by Gasteiger charge is -2.25. The number of carbonyl (C=O) groups excluding carboxylic acids is 1. The molecule has 1 fully saturated rings. The monoisotopic (exact) mass is 445 g/mol. The highest BCUT2D eigenvalue weighted by Crippen LogP contribution is 2.37. The van der Waals surface area contributed by atoms with E-state index >= 15 is 0 Å². The molecule has 1 atom stereocenters. The lowest BCUT2D eigenvalue weighted by molar-refractivity contribution is -0.181. The summed E-state index contributed by atoms with van der Waals surface area (Å²) in [5.74, 6) is -0.999. The van der Waals surface area contributed by atoms with Crippen LogP contribution in [0.15, 0.2) is 30.7 Å². The third kappa shape index (κ3) is 4.92. The summed E-state index contributed by atoms with van der Waals surface area (Å²) < 4.78 is 35.8. The summed E-state index contributed by atoms with van der Waals surface area (Å²) in [7, 11) is 0. The van der Waals surface area contributed by atoms with Crippen molar-refractivity contribution < 1.29 is 18.0 Å². The quantitative estimate of drug-likeness (QED) is 0.538. The number of benzene rings is 1. The average Bonchev–Trinajstić information content (AvgIpc) is 3.29. The number of hydrogen-bond acceptors (Lipinski definition) is 4. The minimum absolute atomic E-state index is 0.120. The summed E-state index contributed by atoms with van der Waals surface area (Å²) >= 11 is 0. The van der Waals surface area contributed by atoms with E-state index < -0.39 is 12.1 Å². The van der Waals surface area contributed by atoms with Gasteiger partial charge in [-0.25, -0.2) is 9.97 Å². The van der Waals surface area contributed by atoms with Crippen LogP contribution >= 0.6 is 0 Å². The van der Waals surface area contributed by atoms with E-state index in [2.05, 4.69) is 43.7 Å². The first kappa shape index (κ1) is 22.2. The second kappa shape index (κ2) is 9.67. The number of aromatic amines is 1. The van der Waals surface area contributed by atoms with E-state index in [0.29, 0.717) is 12.8 Å². The third-order valence-corrected chi connectivity index (χ3v) is 6.32. The molecule has 1 saturated carbocycles. The predicted octanol–water partition coefficient (Wildman–Crippen LogP) is 5.27. The maximum absolute atomic E-state index is 11.9. The minimum Gasteiger partial charge on any atom is -0.352 e. The van der Waals surface area contributed by atoms with Gasteiger partial charge in [0.05, 0.1) is 29.2 Å². The van der Waals surface area contributed by atoms with E-state index in [1.165, 1.54) is 11.1 Å². The van der Waals surface area contributed by atoms with Gasteiger partial charge in [0.1, 0.15) is 6.33 Å². The number of halogens is 3. The largest absolute Gasteiger partial charge is 0.391 e. The Morgan fingerprint density at radius 1 is 1.06 bits per heavy atom. The number of amides is 1. The van der Waals surface area contributed by atoms with Crippen LogP contribution in [0.1, 0.15) is 62.1 Å². The van der Waals surface area contributed by atoms with Gasteiger partial charge >= 0.3 is 6.18 Å². The summed E-state index contributed by atoms with van der Waals surface area (Å²) in [4.78, 5) is 19.3. The first-order valence-electron chi connectivity index (χ1n) is 11.0. The van der Waals surface area contributed by atoms with E-state index in [-0.39, 0.29) is 6.04 Å². The summed E-state index contributed by atoms with van der Waals surface area (Å²) in [6, 6.07) is 6.44. The van der Waals surface area contributed by atoms with Crippen LogP contribution in [0.3, 0.4) is 0 Å². The molecule has 1 aromatic carbocycles. The summed E-state index contributed by atoms with van der Waals surface area (Å²) in [6.45, 7) is 0. The molecule has 32 heavy (non-hydrogen) atoms. The Morgan fingerprint density at radius 3 is 2.59 bits per heavy atom. The smallest absolute Gasteiger partial charge is 0.352 e. The van der Waals surface area contributed by atoms with Crippen LogP contribution in [-0.4, -0.2) is 32.8 Å². The van der Waals surface area contributed by atoms with Crippen molar-refractivity contribution in [1.82, 2.24) is 25.5 Å². The van der Waals surface area contributed by atoms with Crippen LogP contribution in [0.5, 0.6) is 0 Å². The average molecular weight is 445 g/mol. The Morgan fingerprint density at radius 2 is 1.88 bits per heavy atom. The molecule has 0 spiro atoms. The van der Waals surface area contributed by atoms with Gasteiger partial charge in [0, 0.05) is 5.56 Å². The van der Waals surface area contributed by atoms with E-state index in [1.807, 2.05) is 0 Å². The normalized spacial score (nSPS) is 19.0. The van der Waals surface area contributed by atoms with Crippen molar-refractivity contribution >= 4 is 17.4 Å². The zero-order valence-corrected chi connectivity index (χ0v) is 17.7. The molecule has 2 aliphatic carbocycles. The second-order valence-corrected chi connectivity index (χ2v) is 8.37. The van der Waals surface area contributed by atoms with Crippen LogP contribution in [0.25, 0.3) is 22.3 Å². The molecule has 2 aliphatic rings. The van der Waals surface area contributed by atoms with Gasteiger partial charge in [-0.05, 0) is 49.3 Å². The van der Waals surface area contributed by atoms with E-state index in [0.717, 1.165) is 67.2 Å². The van der Waals surface area contributed by atoms with Gasteiger partial charge in [-0.2, -0.15) is 18.3 Å². The minimum atomic E-state index is -3.93. The zero-order valence-electron chi connectivity index (χ0n) is 17.7. The van der Waals surface area contributed by atoms with Crippen LogP contribution in [0, 0.1) is 5.92 Å². The Hall–Kier alpha value is -2.97. The van der Waals surface area contributed by atoms with Crippen molar-refractivity contribution in [3.8, 4) is 11.3 Å². The fourth-order valence-corrected chi connectivity index (χ4v) is 4.64. The van der Waals surface area contributed by atoms with Gasteiger partial charge in [-0.3, -0.25) is 9.89 Å². The van der Waals surface area contributed by atoms with Crippen LogP contribution in [0.4, 0.5) is 13.2 Å². The maximum atomic E-state index is 11.9. The van der Waals surface area contributed by atoms with Crippen LogP contribution < -0.4 is 5.32 Å². The Labute approximate surface area is 184 Å². The number of H-pyrrole nitrogens is 1. The molecule has 2 heterocycles.